The summed E-state index contributed by atoms with van der Waals surface area (Å²) in [6, 6.07) is 21.1. The van der Waals surface area contributed by atoms with Crippen molar-refractivity contribution >= 4 is 22.5 Å². The molecule has 0 aliphatic carbocycles. The van der Waals surface area contributed by atoms with Gasteiger partial charge in [-0.3, -0.25) is 0 Å². The number of hydrogen-bond donors (Lipinski definition) is 0. The van der Waals surface area contributed by atoms with Gasteiger partial charge in [0.2, 0.25) is 4.71 Å². The largest absolute Gasteiger partial charge is 0.201 e. The Labute approximate surface area is 111 Å². The summed E-state index contributed by atoms with van der Waals surface area (Å²) < 4.78 is 0.166. The van der Waals surface area contributed by atoms with Crippen molar-refractivity contribution in [3.8, 4) is 0 Å². The Morgan fingerprint density at radius 1 is 0.882 bits per heavy atom. The molecule has 2 aromatic carbocycles. The summed E-state index contributed by atoms with van der Waals surface area (Å²) in [7, 11) is -0.0306. The monoisotopic (exact) mass is 263 g/mol. The third-order valence-corrected chi connectivity index (χ3v) is 5.82. The predicted octanol–water partition coefficient (Wildman–Crippen LogP) is 4.70. The van der Waals surface area contributed by atoms with E-state index in [1.54, 1.807) is 0 Å². The second-order valence-electron chi connectivity index (χ2n) is 3.78. The Bertz CT molecular complexity index is 401. The molecule has 1 unspecified atom stereocenters. The smallest absolute Gasteiger partial charge is 0.0638 e. The van der Waals surface area contributed by atoms with Crippen LogP contribution < -0.4 is 0 Å². The van der Waals surface area contributed by atoms with Gasteiger partial charge in [0.05, 0.1) is 10.9 Å². The maximum absolute atomic E-state index is 6.51. The third-order valence-electron chi connectivity index (χ3n) is 2.57. The molecule has 17 heavy (non-hydrogen) atoms. The van der Waals surface area contributed by atoms with Gasteiger partial charge in [0.1, 0.15) is 0 Å². The molecule has 0 spiro atoms. The van der Waals surface area contributed by atoms with E-state index >= 15 is 0 Å². The second kappa shape index (κ2) is 6.13. The van der Waals surface area contributed by atoms with E-state index in [-0.39, 0.29) is 15.6 Å². The lowest BCUT2D eigenvalue weighted by Crippen LogP contribution is -2.15. The summed E-state index contributed by atoms with van der Waals surface area (Å²) in [5, 5.41) is 0. The molecule has 88 valence electrons. The van der Waals surface area contributed by atoms with Crippen LogP contribution in [0.25, 0.3) is 0 Å². The minimum atomic E-state index is -0.0306. The lowest BCUT2D eigenvalue weighted by atomic mass is 10.4. The van der Waals surface area contributed by atoms with Crippen LogP contribution in [-0.4, -0.2) is 4.71 Å². The molecule has 0 saturated heterocycles. The number of hydrogen-bond acceptors (Lipinski definition) is 0. The van der Waals surface area contributed by atoms with Crippen molar-refractivity contribution < 1.29 is 0 Å². The van der Waals surface area contributed by atoms with Gasteiger partial charge in [0.15, 0.2) is 9.79 Å². The molecule has 0 heterocycles. The molecule has 0 aliphatic rings. The molecule has 0 aromatic heterocycles. The average Bonchev–Trinajstić information content (AvgIpc) is 2.41. The van der Waals surface area contributed by atoms with Crippen LogP contribution in [0.3, 0.4) is 0 Å². The molecular formula is C15H16ClS+. The molecule has 0 aliphatic heterocycles. The first-order chi connectivity index (χ1) is 8.33. The van der Waals surface area contributed by atoms with E-state index in [2.05, 4.69) is 55.5 Å². The molecule has 0 fully saturated rings. The maximum atomic E-state index is 6.51. The van der Waals surface area contributed by atoms with E-state index in [4.69, 9.17) is 11.6 Å². The van der Waals surface area contributed by atoms with Gasteiger partial charge in [0, 0.05) is 6.42 Å². The van der Waals surface area contributed by atoms with E-state index < -0.39 is 0 Å². The topological polar surface area (TPSA) is 0 Å². The van der Waals surface area contributed by atoms with Crippen LogP contribution in [0.1, 0.15) is 13.3 Å². The van der Waals surface area contributed by atoms with Crippen LogP contribution in [0.5, 0.6) is 0 Å². The SMILES string of the molecule is CCC(Cl)[S+](c1ccccc1)c1ccccc1. The number of rotatable bonds is 4. The van der Waals surface area contributed by atoms with Gasteiger partial charge in [-0.15, -0.1) is 0 Å². The minimum absolute atomic E-state index is 0.0306. The van der Waals surface area contributed by atoms with Crippen molar-refractivity contribution in [2.75, 3.05) is 0 Å². The van der Waals surface area contributed by atoms with E-state index in [0.717, 1.165) is 6.42 Å². The van der Waals surface area contributed by atoms with Gasteiger partial charge in [-0.05, 0) is 24.3 Å². The predicted molar refractivity (Wildman–Crippen MR) is 76.7 cm³/mol. The highest BCUT2D eigenvalue weighted by molar-refractivity contribution is 7.98. The first-order valence-corrected chi connectivity index (χ1v) is 7.52. The van der Waals surface area contributed by atoms with Crippen molar-refractivity contribution in [1.29, 1.82) is 0 Å². The Balaban J connectivity index is 2.39. The van der Waals surface area contributed by atoms with Crippen LogP contribution in [0.15, 0.2) is 70.5 Å². The first-order valence-electron chi connectivity index (χ1n) is 5.80. The highest BCUT2D eigenvalue weighted by atomic mass is 35.5. The average molecular weight is 264 g/mol. The van der Waals surface area contributed by atoms with E-state index in [9.17, 15) is 0 Å². The Kier molecular flexibility index (Phi) is 4.52. The maximum Gasteiger partial charge on any atom is 0.201 e. The second-order valence-corrected chi connectivity index (χ2v) is 6.76. The molecule has 0 amide bonds. The summed E-state index contributed by atoms with van der Waals surface area (Å²) in [6.45, 7) is 2.14. The zero-order valence-corrected chi connectivity index (χ0v) is 11.4. The Morgan fingerprint density at radius 2 is 1.29 bits per heavy atom. The first kappa shape index (κ1) is 12.5. The fraction of sp³-hybridized carbons (Fsp3) is 0.200. The van der Waals surface area contributed by atoms with Crippen molar-refractivity contribution in [3.63, 3.8) is 0 Å². The van der Waals surface area contributed by atoms with Crippen LogP contribution in [-0.2, 0) is 10.9 Å². The van der Waals surface area contributed by atoms with Crippen LogP contribution in [0, 0.1) is 0 Å². The summed E-state index contributed by atoms with van der Waals surface area (Å²) in [5.41, 5.74) is 0. The summed E-state index contributed by atoms with van der Waals surface area (Å²) in [4.78, 5) is 2.64. The number of benzene rings is 2. The normalized spacial score (nSPS) is 12.6. The van der Waals surface area contributed by atoms with E-state index in [1.807, 2.05) is 12.1 Å². The van der Waals surface area contributed by atoms with Crippen LogP contribution in [0.2, 0.25) is 0 Å². The molecule has 0 radical (unpaired) electrons. The van der Waals surface area contributed by atoms with Gasteiger partial charge in [-0.2, -0.15) is 0 Å². The van der Waals surface area contributed by atoms with Gasteiger partial charge in [0.25, 0.3) is 0 Å². The Morgan fingerprint density at radius 3 is 1.65 bits per heavy atom. The van der Waals surface area contributed by atoms with Gasteiger partial charge in [-0.25, -0.2) is 0 Å². The number of alkyl halides is 1. The van der Waals surface area contributed by atoms with Crippen molar-refractivity contribution in [3.05, 3.63) is 60.7 Å². The van der Waals surface area contributed by atoms with Crippen molar-refractivity contribution in [1.82, 2.24) is 0 Å². The molecule has 2 aromatic rings. The highest BCUT2D eigenvalue weighted by Crippen LogP contribution is 2.30. The van der Waals surface area contributed by atoms with E-state index in [0.29, 0.717) is 0 Å². The third kappa shape index (κ3) is 3.05. The van der Waals surface area contributed by atoms with Gasteiger partial charge >= 0.3 is 0 Å². The highest BCUT2D eigenvalue weighted by Gasteiger charge is 2.32. The molecular weight excluding hydrogens is 248 g/mol. The van der Waals surface area contributed by atoms with Crippen LogP contribution in [0.4, 0.5) is 0 Å². The number of halogens is 1. The molecule has 2 heteroatoms. The standard InChI is InChI=1S/C15H16ClS/c1-2-15(16)17(13-9-5-3-6-10-13)14-11-7-4-8-12-14/h3-12,15H,2H2,1H3/q+1. The molecule has 0 nitrogen and oxygen atoms in total. The fourth-order valence-electron chi connectivity index (χ4n) is 1.73. The molecule has 0 N–H and O–H groups in total. The van der Waals surface area contributed by atoms with Gasteiger partial charge in [-0.1, -0.05) is 54.9 Å². The van der Waals surface area contributed by atoms with Crippen molar-refractivity contribution in [2.24, 2.45) is 0 Å². The summed E-state index contributed by atoms with van der Waals surface area (Å²) >= 11 is 6.51. The zero-order chi connectivity index (χ0) is 12.1. The van der Waals surface area contributed by atoms with Crippen LogP contribution >= 0.6 is 11.6 Å². The minimum Gasteiger partial charge on any atom is -0.0638 e. The Hall–Kier alpha value is -0.920. The lowest BCUT2D eigenvalue weighted by Gasteiger charge is -2.11. The fourth-order valence-corrected chi connectivity index (χ4v) is 4.45. The molecule has 0 saturated carbocycles. The summed E-state index contributed by atoms with van der Waals surface area (Å²) in [5.74, 6) is 0. The van der Waals surface area contributed by atoms with E-state index in [1.165, 1.54) is 9.79 Å². The quantitative estimate of drug-likeness (QED) is 0.554. The lowest BCUT2D eigenvalue weighted by molar-refractivity contribution is 1.03. The zero-order valence-electron chi connectivity index (χ0n) is 9.84. The molecule has 0 bridgehead atoms. The summed E-state index contributed by atoms with van der Waals surface area (Å²) in [6.07, 6.45) is 0.981. The van der Waals surface area contributed by atoms with Crippen molar-refractivity contribution in [2.45, 2.75) is 27.8 Å². The molecule has 1 atom stereocenters. The van der Waals surface area contributed by atoms with Gasteiger partial charge < -0.3 is 0 Å². The molecule has 2 rings (SSSR count).